The summed E-state index contributed by atoms with van der Waals surface area (Å²) >= 11 is 12.3. The van der Waals surface area contributed by atoms with Crippen LogP contribution in [0.5, 0.6) is 5.75 Å². The van der Waals surface area contributed by atoms with Crippen molar-refractivity contribution >= 4 is 23.2 Å². The third-order valence-electron chi connectivity index (χ3n) is 2.78. The maximum Gasteiger partial charge on any atom is 0.142 e. The van der Waals surface area contributed by atoms with Crippen molar-refractivity contribution in [1.82, 2.24) is 5.32 Å². The second kappa shape index (κ2) is 8.64. The third-order valence-corrected chi connectivity index (χ3v) is 3.28. The van der Waals surface area contributed by atoms with Gasteiger partial charge in [0.05, 0.1) is 17.7 Å². The molecule has 0 fully saturated rings. The van der Waals surface area contributed by atoms with Gasteiger partial charge in [-0.15, -0.1) is 0 Å². The van der Waals surface area contributed by atoms with Crippen LogP contribution in [-0.2, 0) is 11.3 Å². The van der Waals surface area contributed by atoms with Gasteiger partial charge in [-0.3, -0.25) is 0 Å². The second-order valence-electron chi connectivity index (χ2n) is 4.38. The lowest BCUT2D eigenvalue weighted by atomic mass is 10.2. The van der Waals surface area contributed by atoms with Crippen LogP contribution in [-0.4, -0.2) is 26.4 Å². The molecule has 0 amide bonds. The van der Waals surface area contributed by atoms with Crippen molar-refractivity contribution in [2.75, 3.05) is 20.3 Å². The summed E-state index contributed by atoms with van der Waals surface area (Å²) in [6.07, 6.45) is 1.05. The minimum absolute atomic E-state index is 0.122. The number of hydrogen-bond donors (Lipinski definition) is 1. The molecule has 0 aliphatic rings. The Morgan fingerprint density at radius 3 is 2.68 bits per heavy atom. The van der Waals surface area contributed by atoms with Crippen molar-refractivity contribution in [3.05, 3.63) is 27.7 Å². The van der Waals surface area contributed by atoms with Gasteiger partial charge in [-0.25, -0.2) is 0 Å². The van der Waals surface area contributed by atoms with Crippen LogP contribution in [0.15, 0.2) is 12.1 Å². The molecule has 1 rings (SSSR count). The van der Waals surface area contributed by atoms with Crippen LogP contribution < -0.4 is 10.1 Å². The molecule has 19 heavy (non-hydrogen) atoms. The standard InChI is InChI=1S/C14H21Cl2NO2/c1-4-10(2)19-14-11(9-17-5-6-18-3)7-12(15)8-13(14)16/h7-8,10,17H,4-6,9H2,1-3H3. The Morgan fingerprint density at radius 2 is 2.05 bits per heavy atom. The van der Waals surface area contributed by atoms with Crippen LogP contribution in [0, 0.1) is 0 Å². The first-order chi connectivity index (χ1) is 9.08. The van der Waals surface area contributed by atoms with Gasteiger partial charge in [0.15, 0.2) is 0 Å². The van der Waals surface area contributed by atoms with Crippen molar-refractivity contribution in [1.29, 1.82) is 0 Å². The molecule has 0 saturated carbocycles. The quantitative estimate of drug-likeness (QED) is 0.739. The van der Waals surface area contributed by atoms with E-state index in [0.717, 1.165) is 18.5 Å². The average Bonchev–Trinajstić information content (AvgIpc) is 2.38. The summed E-state index contributed by atoms with van der Waals surface area (Å²) in [5.41, 5.74) is 0.967. The van der Waals surface area contributed by atoms with Gasteiger partial charge in [-0.05, 0) is 25.5 Å². The van der Waals surface area contributed by atoms with Gasteiger partial charge >= 0.3 is 0 Å². The Hall–Kier alpha value is -0.480. The first-order valence-electron chi connectivity index (χ1n) is 6.42. The lowest BCUT2D eigenvalue weighted by molar-refractivity contribution is 0.198. The first kappa shape index (κ1) is 16.6. The number of rotatable bonds is 8. The van der Waals surface area contributed by atoms with Crippen molar-refractivity contribution in [3.8, 4) is 5.75 Å². The van der Waals surface area contributed by atoms with Gasteiger partial charge in [0.1, 0.15) is 5.75 Å². The average molecular weight is 306 g/mol. The van der Waals surface area contributed by atoms with E-state index < -0.39 is 0 Å². The van der Waals surface area contributed by atoms with Crippen LogP contribution in [0.1, 0.15) is 25.8 Å². The van der Waals surface area contributed by atoms with Crippen LogP contribution in [0.3, 0.4) is 0 Å². The number of halogens is 2. The fraction of sp³-hybridized carbons (Fsp3) is 0.571. The van der Waals surface area contributed by atoms with Gasteiger partial charge in [0.2, 0.25) is 0 Å². The lowest BCUT2D eigenvalue weighted by Gasteiger charge is -2.18. The van der Waals surface area contributed by atoms with Crippen molar-refractivity contribution in [2.45, 2.75) is 32.9 Å². The number of ether oxygens (including phenoxy) is 2. The van der Waals surface area contributed by atoms with Crippen molar-refractivity contribution < 1.29 is 9.47 Å². The van der Waals surface area contributed by atoms with E-state index in [4.69, 9.17) is 32.7 Å². The highest BCUT2D eigenvalue weighted by Crippen LogP contribution is 2.33. The van der Waals surface area contributed by atoms with E-state index >= 15 is 0 Å². The molecular formula is C14H21Cl2NO2. The zero-order chi connectivity index (χ0) is 14.3. The summed E-state index contributed by atoms with van der Waals surface area (Å²) in [6.45, 7) is 6.17. The molecule has 5 heteroatoms. The summed E-state index contributed by atoms with van der Waals surface area (Å²) < 4.78 is 10.9. The number of hydrogen-bond acceptors (Lipinski definition) is 3. The second-order valence-corrected chi connectivity index (χ2v) is 5.23. The minimum Gasteiger partial charge on any atom is -0.489 e. The molecule has 1 N–H and O–H groups in total. The van der Waals surface area contributed by atoms with Crippen LogP contribution in [0.2, 0.25) is 10.0 Å². The largest absolute Gasteiger partial charge is 0.489 e. The first-order valence-corrected chi connectivity index (χ1v) is 7.18. The Labute approximate surface area is 125 Å². The SMILES string of the molecule is CCC(C)Oc1c(Cl)cc(Cl)cc1CNCCOC. The highest BCUT2D eigenvalue weighted by Gasteiger charge is 2.13. The van der Waals surface area contributed by atoms with E-state index in [0.29, 0.717) is 28.9 Å². The fourth-order valence-electron chi connectivity index (χ4n) is 1.56. The lowest BCUT2D eigenvalue weighted by Crippen LogP contribution is -2.20. The van der Waals surface area contributed by atoms with Crippen LogP contribution >= 0.6 is 23.2 Å². The van der Waals surface area contributed by atoms with E-state index in [1.54, 1.807) is 13.2 Å². The zero-order valence-electron chi connectivity index (χ0n) is 11.6. The van der Waals surface area contributed by atoms with E-state index in [1.165, 1.54) is 0 Å². The normalized spacial score (nSPS) is 12.5. The molecule has 0 spiro atoms. The monoisotopic (exact) mass is 305 g/mol. The van der Waals surface area contributed by atoms with Gasteiger partial charge in [-0.2, -0.15) is 0 Å². The Bertz CT molecular complexity index is 399. The molecule has 1 unspecified atom stereocenters. The summed E-state index contributed by atoms with van der Waals surface area (Å²) in [5.74, 6) is 0.713. The van der Waals surface area contributed by atoms with Crippen molar-refractivity contribution in [3.63, 3.8) is 0 Å². The van der Waals surface area contributed by atoms with E-state index in [9.17, 15) is 0 Å². The van der Waals surface area contributed by atoms with Gasteiger partial charge < -0.3 is 14.8 Å². The molecule has 0 aliphatic heterocycles. The van der Waals surface area contributed by atoms with E-state index in [-0.39, 0.29) is 6.10 Å². The maximum absolute atomic E-state index is 6.21. The summed E-state index contributed by atoms with van der Waals surface area (Å²) in [6, 6.07) is 3.59. The molecule has 0 heterocycles. The van der Waals surface area contributed by atoms with Gasteiger partial charge in [-0.1, -0.05) is 30.1 Å². The van der Waals surface area contributed by atoms with Crippen LogP contribution in [0.4, 0.5) is 0 Å². The molecule has 0 aromatic heterocycles. The highest BCUT2D eigenvalue weighted by molar-refractivity contribution is 6.35. The van der Waals surface area contributed by atoms with Crippen molar-refractivity contribution in [2.24, 2.45) is 0 Å². The molecule has 108 valence electrons. The van der Waals surface area contributed by atoms with Gasteiger partial charge in [0.25, 0.3) is 0 Å². The number of nitrogens with one attached hydrogen (secondary N) is 1. The molecule has 0 saturated heterocycles. The van der Waals surface area contributed by atoms with Gasteiger partial charge in [0, 0.05) is 30.8 Å². The van der Waals surface area contributed by atoms with E-state index in [1.807, 2.05) is 13.0 Å². The topological polar surface area (TPSA) is 30.5 Å². The Kier molecular flexibility index (Phi) is 7.54. The fourth-order valence-corrected chi connectivity index (χ4v) is 2.14. The van der Waals surface area contributed by atoms with Crippen LogP contribution in [0.25, 0.3) is 0 Å². The molecule has 1 aromatic carbocycles. The Morgan fingerprint density at radius 1 is 1.32 bits per heavy atom. The van der Waals surface area contributed by atoms with E-state index in [2.05, 4.69) is 12.2 Å². The molecule has 1 atom stereocenters. The molecule has 1 aromatic rings. The summed E-state index contributed by atoms with van der Waals surface area (Å²) in [4.78, 5) is 0. The Balaban J connectivity index is 2.80. The summed E-state index contributed by atoms with van der Waals surface area (Å²) in [7, 11) is 1.68. The predicted molar refractivity (Wildman–Crippen MR) is 80.4 cm³/mol. The highest BCUT2D eigenvalue weighted by atomic mass is 35.5. The molecule has 0 bridgehead atoms. The smallest absolute Gasteiger partial charge is 0.142 e. The molecular weight excluding hydrogens is 285 g/mol. The molecule has 0 radical (unpaired) electrons. The number of benzene rings is 1. The third kappa shape index (κ3) is 5.57. The number of methoxy groups -OCH3 is 1. The molecule has 3 nitrogen and oxygen atoms in total. The predicted octanol–water partition coefficient (Wildman–Crippen LogP) is 3.91. The minimum atomic E-state index is 0.122. The zero-order valence-corrected chi connectivity index (χ0v) is 13.1. The maximum atomic E-state index is 6.21. The molecule has 0 aliphatic carbocycles. The summed E-state index contributed by atoms with van der Waals surface area (Å²) in [5, 5.41) is 4.43.